The SMILES string of the molecule is C=CN1/C(=C\N)CCC1(C(=O)O)c1ccc(C#N)cc1Cl. The van der Waals surface area contributed by atoms with Crippen LogP contribution >= 0.6 is 11.6 Å². The second-order valence-electron chi connectivity index (χ2n) is 4.68. The number of nitrogens with two attached hydrogens (primary N) is 1. The number of likely N-dealkylation sites (tertiary alicyclic amines) is 1. The van der Waals surface area contributed by atoms with Crippen LogP contribution in [0.2, 0.25) is 5.02 Å². The first kappa shape index (κ1) is 14.9. The normalized spacial score (nSPS) is 23.0. The second-order valence-corrected chi connectivity index (χ2v) is 5.09. The van der Waals surface area contributed by atoms with E-state index in [0.717, 1.165) is 0 Å². The first-order valence-electron chi connectivity index (χ1n) is 6.27. The van der Waals surface area contributed by atoms with Crippen LogP contribution in [0, 0.1) is 11.3 Å². The monoisotopic (exact) mass is 303 g/mol. The van der Waals surface area contributed by atoms with Crippen molar-refractivity contribution in [1.82, 2.24) is 4.90 Å². The molecule has 1 fully saturated rings. The number of allylic oxidation sites excluding steroid dienone is 1. The van der Waals surface area contributed by atoms with E-state index in [1.807, 2.05) is 6.07 Å². The van der Waals surface area contributed by atoms with Crippen LogP contribution in [0.5, 0.6) is 0 Å². The molecule has 1 unspecified atom stereocenters. The molecule has 1 aromatic carbocycles. The van der Waals surface area contributed by atoms with Gasteiger partial charge in [-0.2, -0.15) is 5.26 Å². The van der Waals surface area contributed by atoms with Crippen LogP contribution in [0.3, 0.4) is 0 Å². The van der Waals surface area contributed by atoms with Gasteiger partial charge in [0.25, 0.3) is 0 Å². The van der Waals surface area contributed by atoms with Crippen molar-refractivity contribution in [1.29, 1.82) is 5.26 Å². The van der Waals surface area contributed by atoms with E-state index in [1.165, 1.54) is 23.4 Å². The van der Waals surface area contributed by atoms with Crippen molar-refractivity contribution in [3.8, 4) is 6.07 Å². The zero-order chi connectivity index (χ0) is 15.6. The standard InChI is InChI=1S/C15H14ClN3O2/c1-2-19-11(9-18)5-6-15(19,14(20)21)12-4-3-10(8-17)7-13(12)16/h2-4,7,9H,1,5-6,18H2,(H,20,21)/b11-9-. The molecule has 0 amide bonds. The molecule has 0 bridgehead atoms. The molecule has 1 saturated heterocycles. The first-order chi connectivity index (χ1) is 10.0. The third-order valence-electron chi connectivity index (χ3n) is 3.74. The quantitative estimate of drug-likeness (QED) is 0.895. The van der Waals surface area contributed by atoms with Gasteiger partial charge in [-0.15, -0.1) is 0 Å². The maximum absolute atomic E-state index is 12.0. The van der Waals surface area contributed by atoms with Crippen LogP contribution < -0.4 is 5.73 Å². The van der Waals surface area contributed by atoms with Crippen molar-refractivity contribution in [2.75, 3.05) is 0 Å². The fourth-order valence-electron chi connectivity index (χ4n) is 2.74. The van der Waals surface area contributed by atoms with Gasteiger partial charge < -0.3 is 15.7 Å². The van der Waals surface area contributed by atoms with Gasteiger partial charge in [0.15, 0.2) is 5.54 Å². The average molecular weight is 304 g/mol. The number of nitriles is 1. The topological polar surface area (TPSA) is 90.3 Å². The molecule has 1 aliphatic heterocycles. The Kier molecular flexibility index (Phi) is 3.92. The number of halogens is 1. The molecule has 0 radical (unpaired) electrons. The molecule has 0 aliphatic carbocycles. The van der Waals surface area contributed by atoms with Gasteiger partial charge in [0.05, 0.1) is 11.6 Å². The van der Waals surface area contributed by atoms with Crippen LogP contribution in [0.4, 0.5) is 0 Å². The van der Waals surface area contributed by atoms with Gasteiger partial charge in [0, 0.05) is 22.5 Å². The number of aliphatic carboxylic acids is 1. The minimum absolute atomic E-state index is 0.238. The van der Waals surface area contributed by atoms with Crippen LogP contribution in [0.1, 0.15) is 24.0 Å². The first-order valence-corrected chi connectivity index (χ1v) is 6.65. The number of carboxylic acid groups (broad SMARTS) is 1. The van der Waals surface area contributed by atoms with E-state index >= 15 is 0 Å². The number of carbonyl (C=O) groups is 1. The predicted molar refractivity (Wildman–Crippen MR) is 79.0 cm³/mol. The molecular weight excluding hydrogens is 290 g/mol. The van der Waals surface area contributed by atoms with Gasteiger partial charge in [-0.25, -0.2) is 4.79 Å². The maximum atomic E-state index is 12.0. The number of carboxylic acids is 1. The smallest absolute Gasteiger partial charge is 0.334 e. The van der Waals surface area contributed by atoms with E-state index in [1.54, 1.807) is 12.1 Å². The molecule has 2 rings (SSSR count). The van der Waals surface area contributed by atoms with Crippen LogP contribution in [0.25, 0.3) is 0 Å². The number of hydrogen-bond acceptors (Lipinski definition) is 4. The van der Waals surface area contributed by atoms with Crippen molar-refractivity contribution in [2.24, 2.45) is 5.73 Å². The van der Waals surface area contributed by atoms with Gasteiger partial charge in [0.2, 0.25) is 0 Å². The van der Waals surface area contributed by atoms with Crippen molar-refractivity contribution >= 4 is 17.6 Å². The molecule has 108 valence electrons. The molecule has 6 heteroatoms. The van der Waals surface area contributed by atoms with Crippen molar-refractivity contribution in [3.05, 3.63) is 59.0 Å². The van der Waals surface area contributed by atoms with E-state index in [9.17, 15) is 9.90 Å². The minimum atomic E-state index is -1.35. The highest BCUT2D eigenvalue weighted by molar-refractivity contribution is 6.31. The molecule has 3 N–H and O–H groups in total. The lowest BCUT2D eigenvalue weighted by Gasteiger charge is -2.35. The molecular formula is C15H14ClN3O2. The molecule has 21 heavy (non-hydrogen) atoms. The Hall–Kier alpha value is -2.45. The molecule has 0 aromatic heterocycles. The summed E-state index contributed by atoms with van der Waals surface area (Å²) in [5.74, 6) is -1.04. The van der Waals surface area contributed by atoms with E-state index in [0.29, 0.717) is 29.7 Å². The summed E-state index contributed by atoms with van der Waals surface area (Å²) < 4.78 is 0. The highest BCUT2D eigenvalue weighted by Gasteiger charge is 2.51. The molecule has 0 spiro atoms. The third kappa shape index (κ3) is 2.14. The van der Waals surface area contributed by atoms with Gasteiger partial charge in [0.1, 0.15) is 0 Å². The molecule has 0 saturated carbocycles. The van der Waals surface area contributed by atoms with Crippen molar-refractivity contribution < 1.29 is 9.90 Å². The number of nitrogens with zero attached hydrogens (tertiary/aromatic N) is 2. The Bertz CT molecular complexity index is 678. The number of rotatable bonds is 3. The summed E-state index contributed by atoms with van der Waals surface area (Å²) in [6.07, 6.45) is 3.65. The Balaban J connectivity index is 2.68. The molecule has 1 heterocycles. The number of hydrogen-bond donors (Lipinski definition) is 2. The van der Waals surface area contributed by atoms with E-state index in [2.05, 4.69) is 6.58 Å². The Morgan fingerprint density at radius 2 is 2.33 bits per heavy atom. The Morgan fingerprint density at radius 1 is 1.62 bits per heavy atom. The van der Waals surface area contributed by atoms with Crippen LogP contribution in [-0.2, 0) is 10.3 Å². The van der Waals surface area contributed by atoms with Crippen molar-refractivity contribution in [2.45, 2.75) is 18.4 Å². The molecule has 1 aromatic rings. The van der Waals surface area contributed by atoms with E-state index in [-0.39, 0.29) is 5.02 Å². The summed E-state index contributed by atoms with van der Waals surface area (Å²) in [5.41, 5.74) is 5.69. The zero-order valence-corrected chi connectivity index (χ0v) is 12.0. The fraction of sp³-hybridized carbons (Fsp3) is 0.200. The summed E-state index contributed by atoms with van der Waals surface area (Å²) in [6, 6.07) is 6.57. The van der Waals surface area contributed by atoms with Crippen LogP contribution in [0.15, 0.2) is 42.9 Å². The highest BCUT2D eigenvalue weighted by atomic mass is 35.5. The average Bonchev–Trinajstić information content (AvgIpc) is 2.86. The van der Waals surface area contributed by atoms with E-state index < -0.39 is 11.5 Å². The minimum Gasteiger partial charge on any atom is -0.479 e. The lowest BCUT2D eigenvalue weighted by Crippen LogP contribution is -2.44. The van der Waals surface area contributed by atoms with Crippen molar-refractivity contribution in [3.63, 3.8) is 0 Å². The largest absolute Gasteiger partial charge is 0.479 e. The molecule has 1 aliphatic rings. The Labute approximate surface area is 127 Å². The van der Waals surface area contributed by atoms with Gasteiger partial charge in [-0.05, 0) is 31.2 Å². The third-order valence-corrected chi connectivity index (χ3v) is 4.05. The van der Waals surface area contributed by atoms with E-state index in [4.69, 9.17) is 22.6 Å². The second kappa shape index (κ2) is 5.51. The van der Waals surface area contributed by atoms with Gasteiger partial charge in [-0.1, -0.05) is 24.2 Å². The predicted octanol–water partition coefficient (Wildman–Crippen LogP) is 2.53. The van der Waals surface area contributed by atoms with Gasteiger partial charge >= 0.3 is 5.97 Å². The lowest BCUT2D eigenvalue weighted by molar-refractivity contribution is -0.148. The Morgan fingerprint density at radius 3 is 2.81 bits per heavy atom. The molecule has 1 atom stereocenters. The number of benzene rings is 1. The zero-order valence-electron chi connectivity index (χ0n) is 11.2. The summed E-state index contributed by atoms with van der Waals surface area (Å²) in [4.78, 5) is 13.5. The summed E-state index contributed by atoms with van der Waals surface area (Å²) in [6.45, 7) is 3.68. The molecule has 5 nitrogen and oxygen atoms in total. The summed E-state index contributed by atoms with van der Waals surface area (Å²) >= 11 is 6.21. The fourth-order valence-corrected chi connectivity index (χ4v) is 3.08. The lowest BCUT2D eigenvalue weighted by atomic mass is 9.86. The van der Waals surface area contributed by atoms with Crippen LogP contribution in [-0.4, -0.2) is 16.0 Å². The summed E-state index contributed by atoms with van der Waals surface area (Å²) in [5, 5.41) is 18.9. The van der Waals surface area contributed by atoms with Gasteiger partial charge in [-0.3, -0.25) is 0 Å². The summed E-state index contributed by atoms with van der Waals surface area (Å²) in [7, 11) is 0. The maximum Gasteiger partial charge on any atom is 0.334 e. The highest BCUT2D eigenvalue weighted by Crippen LogP contribution is 2.46.